The lowest BCUT2D eigenvalue weighted by molar-refractivity contribution is -0.143. The maximum absolute atomic E-state index is 13.7. The van der Waals surface area contributed by atoms with E-state index in [4.69, 9.17) is 4.74 Å². The first-order valence-electron chi connectivity index (χ1n) is 12.4. The van der Waals surface area contributed by atoms with E-state index in [2.05, 4.69) is 44.1 Å². The molecule has 0 fully saturated rings. The Morgan fingerprint density at radius 2 is 1.57 bits per heavy atom. The molecule has 0 unspecified atom stereocenters. The topological polar surface area (TPSA) is 58.6 Å². The zero-order valence-corrected chi connectivity index (χ0v) is 24.9. The average molecular weight is 630 g/mol. The van der Waals surface area contributed by atoms with Crippen LogP contribution in [0.1, 0.15) is 44.4 Å². The summed E-state index contributed by atoms with van der Waals surface area (Å²) in [7, 11) is 0. The summed E-state index contributed by atoms with van der Waals surface area (Å²) in [6.07, 6.45) is 1.29. The number of carbonyl (C=O) groups excluding carboxylic acids is 2. The second-order valence-corrected chi connectivity index (χ2v) is 11.8. The average Bonchev–Trinajstić information content (AvgIpc) is 2.85. The number of carbonyl (C=O) groups is 2. The quantitative estimate of drug-likeness (QED) is 0.271. The molecule has 5 nitrogen and oxygen atoms in total. The van der Waals surface area contributed by atoms with Gasteiger partial charge in [-0.05, 0) is 84.1 Å². The van der Waals surface area contributed by atoms with E-state index in [1.54, 1.807) is 4.90 Å². The van der Waals surface area contributed by atoms with Crippen LogP contribution in [0.5, 0.6) is 5.75 Å². The van der Waals surface area contributed by atoms with Crippen molar-refractivity contribution in [2.45, 2.75) is 58.7 Å². The number of rotatable bonds is 10. The zero-order valence-electron chi connectivity index (χ0n) is 21.8. The number of amides is 2. The molecular formula is C30H34Br2N2O3. The van der Waals surface area contributed by atoms with Crippen LogP contribution in [-0.4, -0.2) is 34.9 Å². The van der Waals surface area contributed by atoms with E-state index in [-0.39, 0.29) is 25.0 Å². The van der Waals surface area contributed by atoms with Gasteiger partial charge >= 0.3 is 0 Å². The number of hydrogen-bond donors (Lipinski definition) is 1. The van der Waals surface area contributed by atoms with Crippen LogP contribution < -0.4 is 10.1 Å². The van der Waals surface area contributed by atoms with Crippen molar-refractivity contribution >= 4 is 43.7 Å². The molecule has 7 heteroatoms. The van der Waals surface area contributed by atoms with Crippen LogP contribution in [0.25, 0.3) is 0 Å². The summed E-state index contributed by atoms with van der Waals surface area (Å²) in [5.41, 5.74) is 2.63. The summed E-state index contributed by atoms with van der Waals surface area (Å²) in [6.45, 7) is 7.99. The maximum atomic E-state index is 13.7. The van der Waals surface area contributed by atoms with Crippen molar-refractivity contribution in [3.8, 4) is 5.75 Å². The number of nitrogens with one attached hydrogen (secondary N) is 1. The Bertz CT molecular complexity index is 1190. The minimum atomic E-state index is -0.715. The molecule has 1 atom stereocenters. The first-order valence-corrected chi connectivity index (χ1v) is 14.0. The van der Waals surface area contributed by atoms with Crippen molar-refractivity contribution in [2.24, 2.45) is 0 Å². The highest BCUT2D eigenvalue weighted by atomic mass is 79.9. The third-order valence-electron chi connectivity index (χ3n) is 5.79. The van der Waals surface area contributed by atoms with Crippen LogP contribution in [0.15, 0.2) is 81.7 Å². The van der Waals surface area contributed by atoms with Gasteiger partial charge in [-0.25, -0.2) is 0 Å². The van der Waals surface area contributed by atoms with Gasteiger partial charge in [0.05, 0.1) is 4.47 Å². The molecule has 0 aliphatic carbocycles. The molecule has 3 rings (SSSR count). The van der Waals surface area contributed by atoms with Crippen LogP contribution in [0.3, 0.4) is 0 Å². The molecule has 3 aromatic rings. The predicted molar refractivity (Wildman–Crippen MR) is 156 cm³/mol. The number of hydrogen-bond acceptors (Lipinski definition) is 3. The van der Waals surface area contributed by atoms with Crippen LogP contribution in [0.4, 0.5) is 0 Å². The summed E-state index contributed by atoms with van der Waals surface area (Å²) < 4.78 is 7.68. The number of nitrogens with zero attached hydrogens (tertiary/aromatic N) is 1. The lowest BCUT2D eigenvalue weighted by Gasteiger charge is -2.33. The Kier molecular flexibility index (Phi) is 10.4. The van der Waals surface area contributed by atoms with Crippen molar-refractivity contribution in [2.75, 3.05) is 6.61 Å². The van der Waals surface area contributed by atoms with Crippen molar-refractivity contribution in [3.63, 3.8) is 0 Å². The molecule has 1 N–H and O–H groups in total. The Hall–Kier alpha value is -2.64. The minimum absolute atomic E-state index is 0.186. The van der Waals surface area contributed by atoms with E-state index in [0.29, 0.717) is 12.2 Å². The summed E-state index contributed by atoms with van der Waals surface area (Å²) in [5, 5.41) is 3.08. The standard InChI is InChI=1S/C30H34Br2N2O3/c1-5-21-13-16-27(25(32)17-21)37-20-28(35)34(19-23-11-14-24(31)15-12-23)26(29(36)33-30(2,3)4)18-22-9-7-6-8-10-22/h6-17,26H,5,18-20H2,1-4H3,(H,33,36)/t26-/m1/s1. The van der Waals surface area contributed by atoms with Crippen LogP contribution >= 0.6 is 31.9 Å². The van der Waals surface area contributed by atoms with Crippen LogP contribution in [-0.2, 0) is 29.0 Å². The molecule has 0 radical (unpaired) electrons. The van der Waals surface area contributed by atoms with Crippen molar-refractivity contribution < 1.29 is 14.3 Å². The Labute approximate surface area is 236 Å². The maximum Gasteiger partial charge on any atom is 0.261 e. The molecule has 2 amide bonds. The zero-order chi connectivity index (χ0) is 27.0. The molecule has 0 saturated heterocycles. The number of benzene rings is 3. The molecule has 0 aliphatic rings. The highest BCUT2D eigenvalue weighted by Crippen LogP contribution is 2.26. The van der Waals surface area contributed by atoms with Gasteiger partial charge < -0.3 is 15.0 Å². The highest BCUT2D eigenvalue weighted by Gasteiger charge is 2.32. The van der Waals surface area contributed by atoms with E-state index < -0.39 is 11.6 Å². The first-order chi connectivity index (χ1) is 17.6. The molecule has 0 aliphatic heterocycles. The van der Waals surface area contributed by atoms with E-state index >= 15 is 0 Å². The molecule has 196 valence electrons. The van der Waals surface area contributed by atoms with E-state index in [1.165, 1.54) is 5.56 Å². The Morgan fingerprint density at radius 1 is 0.919 bits per heavy atom. The van der Waals surface area contributed by atoms with Crippen LogP contribution in [0, 0.1) is 0 Å². The first kappa shape index (κ1) is 28.9. The molecular weight excluding hydrogens is 596 g/mol. The van der Waals surface area contributed by atoms with Crippen molar-refractivity contribution in [1.29, 1.82) is 0 Å². The van der Waals surface area contributed by atoms with Gasteiger partial charge in [-0.2, -0.15) is 0 Å². The van der Waals surface area contributed by atoms with Crippen molar-refractivity contribution in [1.82, 2.24) is 10.2 Å². The van der Waals surface area contributed by atoms with Gasteiger partial charge in [0.1, 0.15) is 11.8 Å². The Balaban J connectivity index is 1.92. The number of aryl methyl sites for hydroxylation is 1. The lowest BCUT2D eigenvalue weighted by atomic mass is 10.0. The third kappa shape index (κ3) is 9.00. The molecule has 37 heavy (non-hydrogen) atoms. The molecule has 0 spiro atoms. The predicted octanol–water partition coefficient (Wildman–Crippen LogP) is 6.71. The Morgan fingerprint density at radius 3 is 2.16 bits per heavy atom. The SMILES string of the molecule is CCc1ccc(OCC(=O)N(Cc2ccc(Br)cc2)[C@H](Cc2ccccc2)C(=O)NC(C)(C)C)c(Br)c1. The highest BCUT2D eigenvalue weighted by molar-refractivity contribution is 9.10. The summed E-state index contributed by atoms with van der Waals surface area (Å²) in [5.74, 6) is 0.127. The fraction of sp³-hybridized carbons (Fsp3) is 0.333. The fourth-order valence-electron chi connectivity index (χ4n) is 3.90. The smallest absolute Gasteiger partial charge is 0.261 e. The number of halogens is 2. The van der Waals surface area contributed by atoms with Gasteiger partial charge in [0.25, 0.3) is 5.91 Å². The van der Waals surface area contributed by atoms with Gasteiger partial charge in [-0.15, -0.1) is 0 Å². The summed E-state index contributed by atoms with van der Waals surface area (Å²) >= 11 is 7.02. The van der Waals surface area contributed by atoms with Gasteiger partial charge in [-0.1, -0.05) is 71.4 Å². The molecule has 0 heterocycles. The second kappa shape index (κ2) is 13.2. The minimum Gasteiger partial charge on any atom is -0.483 e. The normalized spacial score (nSPS) is 12.1. The summed E-state index contributed by atoms with van der Waals surface area (Å²) in [6, 6.07) is 22.7. The van der Waals surface area contributed by atoms with Gasteiger partial charge in [0.15, 0.2) is 6.61 Å². The van der Waals surface area contributed by atoms with E-state index in [9.17, 15) is 9.59 Å². The van der Waals surface area contributed by atoms with E-state index in [1.807, 2.05) is 93.6 Å². The third-order valence-corrected chi connectivity index (χ3v) is 6.94. The second-order valence-electron chi connectivity index (χ2n) is 10.00. The largest absolute Gasteiger partial charge is 0.483 e. The fourth-order valence-corrected chi connectivity index (χ4v) is 4.70. The molecule has 0 saturated carbocycles. The van der Waals surface area contributed by atoms with Gasteiger partial charge in [0, 0.05) is 23.0 Å². The van der Waals surface area contributed by atoms with Crippen LogP contribution in [0.2, 0.25) is 0 Å². The van der Waals surface area contributed by atoms with Gasteiger partial charge in [-0.3, -0.25) is 9.59 Å². The van der Waals surface area contributed by atoms with Crippen molar-refractivity contribution in [3.05, 3.63) is 98.4 Å². The molecule has 3 aromatic carbocycles. The molecule has 0 bridgehead atoms. The molecule has 0 aromatic heterocycles. The lowest BCUT2D eigenvalue weighted by Crippen LogP contribution is -2.55. The number of ether oxygens (including phenoxy) is 1. The van der Waals surface area contributed by atoms with E-state index in [0.717, 1.165) is 26.5 Å². The van der Waals surface area contributed by atoms with Gasteiger partial charge in [0.2, 0.25) is 5.91 Å². The monoisotopic (exact) mass is 628 g/mol. The summed E-state index contributed by atoms with van der Waals surface area (Å²) in [4.78, 5) is 28.9.